The Balaban J connectivity index is -0.0000000309. The van der Waals surface area contributed by atoms with Gasteiger partial charge in [0, 0.05) is 17.4 Å². The number of hydrogen-bond acceptors (Lipinski definition) is 0. The molecule has 0 radical (unpaired) electrons. The Kier molecular flexibility index (Phi) is 73.8. The molecule has 0 atom stereocenters. The van der Waals surface area contributed by atoms with Crippen LogP contribution in [0.3, 0.4) is 0 Å². The molecule has 0 fully saturated rings. The van der Waals surface area contributed by atoms with E-state index in [-0.39, 0.29) is 17.4 Å². The summed E-state index contributed by atoms with van der Waals surface area (Å²) in [7, 11) is -24.7. The van der Waals surface area contributed by atoms with Crippen molar-refractivity contribution in [2.24, 2.45) is 0 Å². The molecule has 0 nitrogen and oxygen atoms in total. The monoisotopic (exact) mass is 580 g/mol. The van der Waals surface area contributed by atoms with Gasteiger partial charge in [0.2, 0.25) is 0 Å². The van der Waals surface area contributed by atoms with Crippen LogP contribution in [0.5, 0.6) is 0 Å². The quantitative estimate of drug-likeness (QED) is 0.198. The summed E-state index contributed by atoms with van der Waals surface area (Å²) in [6.07, 6.45) is 0. The number of halogens is 18. The molecular weight excluding hydrogens is 580 g/mol. The van der Waals surface area contributed by atoms with Crippen molar-refractivity contribution in [3.05, 3.63) is 0 Å². The van der Waals surface area contributed by atoms with Crippen molar-refractivity contribution in [3.8, 4) is 0 Å². The molecule has 25 heteroatoms. The smallest absolute Gasteiger partial charge is 0.152 e. The Morgan fingerprint density at radius 1 is 0.200 bits per heavy atom. The molecule has 0 aliphatic carbocycles. The predicted octanol–water partition coefficient (Wildman–Crippen LogP) is 12.7. The zero-order chi connectivity index (χ0) is 21.5. The van der Waals surface area contributed by atoms with Crippen molar-refractivity contribution >= 4 is 53.1 Å². The molecule has 0 N–H and O–H groups in total. The summed E-state index contributed by atoms with van der Waals surface area (Å²) in [5, 5.41) is 0. The molecule has 0 aliphatic rings. The van der Waals surface area contributed by atoms with E-state index in [9.17, 15) is 75.5 Å². The molecule has 0 unspecified atom stereocenters. The second kappa shape index (κ2) is 40.5. The summed E-state index contributed by atoms with van der Waals surface area (Å²) in [5.41, 5.74) is 0. The number of hydrogen-bond donors (Lipinski definition) is 0. The first-order chi connectivity index (χ1) is 10.4. The van der Waals surface area contributed by atoms with Crippen LogP contribution in [0.4, 0.5) is 75.5 Å². The molecule has 25 heavy (non-hydrogen) atoms. The first-order valence-electron chi connectivity index (χ1n) is 3.04. The van der Waals surface area contributed by atoms with Crippen molar-refractivity contribution < 1.29 is 92.9 Å². The fraction of sp³-hybridized carbons (Fsp3) is 0. The maximum atomic E-state index is 9.73. The van der Waals surface area contributed by atoms with Gasteiger partial charge in [-0.05, 0) is 0 Å². The molecule has 162 valence electrons. The summed E-state index contributed by atoms with van der Waals surface area (Å²) < 4.78 is 175. The molecule has 0 amide bonds. The third-order valence-electron chi connectivity index (χ3n) is 0. The molecule has 0 aliphatic heterocycles. The Morgan fingerprint density at radius 3 is 0.200 bits per heavy atom. The first kappa shape index (κ1) is 45.5. The van der Waals surface area contributed by atoms with Gasteiger partial charge in [-0.25, -0.2) is 0 Å². The van der Waals surface area contributed by atoms with Crippen LogP contribution < -0.4 is 0 Å². The fourth-order valence-corrected chi connectivity index (χ4v) is 0. The molecule has 0 spiro atoms. The van der Waals surface area contributed by atoms with Gasteiger partial charge in [0.25, 0.3) is 0 Å². The zero-order valence-corrected chi connectivity index (χ0v) is 16.5. The molecule has 0 aromatic heterocycles. The third kappa shape index (κ3) is 4290. The minimum Gasteiger partial charge on any atom is -0.152 e. The Hall–Kier alpha value is 1.85. The standard InChI is InChI=1S/Cr.6F3P/c;6*1-4(2)3. The Morgan fingerprint density at radius 2 is 0.200 bits per heavy atom. The van der Waals surface area contributed by atoms with E-state index in [0.29, 0.717) is 0 Å². The van der Waals surface area contributed by atoms with Gasteiger partial charge < -0.3 is 0 Å². The van der Waals surface area contributed by atoms with E-state index in [1.807, 2.05) is 0 Å². The van der Waals surface area contributed by atoms with Crippen LogP contribution in [-0.4, -0.2) is 0 Å². The van der Waals surface area contributed by atoms with Crippen LogP contribution >= 0.6 is 53.1 Å². The molecular formula is CrF18P6. The van der Waals surface area contributed by atoms with Crippen molar-refractivity contribution in [2.45, 2.75) is 0 Å². The van der Waals surface area contributed by atoms with Gasteiger partial charge in [0.05, 0.1) is 0 Å². The predicted molar refractivity (Wildman–Crippen MR) is 61.5 cm³/mol. The maximum absolute atomic E-state index is 9.73. The molecule has 0 saturated carbocycles. The molecule has 0 aromatic carbocycles. The largest absolute Gasteiger partial charge is 0.456 e. The van der Waals surface area contributed by atoms with Crippen LogP contribution in [0, 0.1) is 0 Å². The van der Waals surface area contributed by atoms with Crippen LogP contribution in [0.1, 0.15) is 0 Å². The van der Waals surface area contributed by atoms with Crippen LogP contribution in [-0.2, 0) is 17.4 Å². The van der Waals surface area contributed by atoms with Gasteiger partial charge in [-0.15, -0.1) is 0 Å². The summed E-state index contributed by atoms with van der Waals surface area (Å²) >= 11 is 0. The number of rotatable bonds is 0. The first-order valence-corrected chi connectivity index (χ1v) is 9.13. The van der Waals surface area contributed by atoms with Crippen molar-refractivity contribution in [1.82, 2.24) is 0 Å². The van der Waals surface area contributed by atoms with E-state index in [2.05, 4.69) is 0 Å². The zero-order valence-electron chi connectivity index (χ0n) is 9.89. The molecule has 0 aromatic rings. The van der Waals surface area contributed by atoms with Gasteiger partial charge in [-0.1, -0.05) is 0 Å². The van der Waals surface area contributed by atoms with Crippen LogP contribution in [0.15, 0.2) is 0 Å². The molecule has 0 saturated heterocycles. The second-order valence-electron chi connectivity index (χ2n) is 1.15. The molecule has 0 heterocycles. The molecule has 0 rings (SSSR count). The van der Waals surface area contributed by atoms with Gasteiger partial charge in [-0.2, -0.15) is 75.5 Å². The van der Waals surface area contributed by atoms with E-state index >= 15 is 0 Å². The minimum absolute atomic E-state index is 0. The normalized spacial score (nSPS) is 8.64. The maximum Gasteiger partial charge on any atom is 0.456 e. The van der Waals surface area contributed by atoms with Crippen LogP contribution in [0.25, 0.3) is 0 Å². The van der Waals surface area contributed by atoms with E-state index in [0.717, 1.165) is 0 Å². The average molecular weight is 580 g/mol. The summed E-state index contributed by atoms with van der Waals surface area (Å²) in [6.45, 7) is 0. The molecule has 0 bridgehead atoms. The van der Waals surface area contributed by atoms with Crippen LogP contribution in [0.2, 0.25) is 0 Å². The summed E-state index contributed by atoms with van der Waals surface area (Å²) in [5.74, 6) is 0. The van der Waals surface area contributed by atoms with E-state index in [1.54, 1.807) is 0 Å². The topological polar surface area (TPSA) is 0 Å². The second-order valence-corrected chi connectivity index (χ2v) is 3.45. The van der Waals surface area contributed by atoms with E-state index in [1.165, 1.54) is 0 Å². The average Bonchev–Trinajstić information content (AvgIpc) is 2.08. The Labute approximate surface area is 146 Å². The van der Waals surface area contributed by atoms with Gasteiger partial charge >= 0.3 is 53.1 Å². The fourth-order valence-electron chi connectivity index (χ4n) is 0. The van der Waals surface area contributed by atoms with Gasteiger partial charge in [0.15, 0.2) is 0 Å². The third-order valence-corrected chi connectivity index (χ3v) is 0. The summed E-state index contributed by atoms with van der Waals surface area (Å²) in [6, 6.07) is 0. The SMILES string of the molecule is FP(F)F.FP(F)F.FP(F)F.FP(F)F.FP(F)F.FP(F)F.[Cr]. The Bertz CT molecular complexity index is 101. The van der Waals surface area contributed by atoms with E-state index in [4.69, 9.17) is 0 Å². The van der Waals surface area contributed by atoms with E-state index < -0.39 is 53.1 Å². The summed E-state index contributed by atoms with van der Waals surface area (Å²) in [4.78, 5) is 0. The van der Waals surface area contributed by atoms with Crippen molar-refractivity contribution in [1.29, 1.82) is 0 Å². The minimum atomic E-state index is -4.12. The van der Waals surface area contributed by atoms with Crippen molar-refractivity contribution in [3.63, 3.8) is 0 Å². The van der Waals surface area contributed by atoms with Crippen molar-refractivity contribution in [2.75, 3.05) is 0 Å². The van der Waals surface area contributed by atoms with Gasteiger partial charge in [-0.3, -0.25) is 0 Å². The van der Waals surface area contributed by atoms with Gasteiger partial charge in [0.1, 0.15) is 0 Å².